The van der Waals surface area contributed by atoms with Crippen molar-refractivity contribution in [1.82, 2.24) is 0 Å². The third-order valence-electron chi connectivity index (χ3n) is 3.13. The van der Waals surface area contributed by atoms with Gasteiger partial charge in [0.15, 0.2) is 11.5 Å². The maximum absolute atomic E-state index is 13.5. The maximum atomic E-state index is 13.5. The SMILES string of the molecule is O=C(Cc1ccccc1F)Nc1ccc2c(c1)OCCO2. The van der Waals surface area contributed by atoms with E-state index < -0.39 is 0 Å². The van der Waals surface area contributed by atoms with Gasteiger partial charge >= 0.3 is 0 Å². The summed E-state index contributed by atoms with van der Waals surface area (Å²) in [5.41, 5.74) is 0.966. The van der Waals surface area contributed by atoms with E-state index in [0.717, 1.165) is 0 Å². The number of ether oxygens (including phenoxy) is 2. The van der Waals surface area contributed by atoms with Crippen molar-refractivity contribution in [2.45, 2.75) is 6.42 Å². The Morgan fingerprint density at radius 3 is 2.67 bits per heavy atom. The van der Waals surface area contributed by atoms with Crippen molar-refractivity contribution < 1.29 is 18.7 Å². The molecule has 2 aromatic rings. The minimum absolute atomic E-state index is 0.0128. The maximum Gasteiger partial charge on any atom is 0.228 e. The molecule has 0 radical (unpaired) electrons. The molecular weight excluding hydrogens is 273 g/mol. The molecule has 108 valence electrons. The van der Waals surface area contributed by atoms with Crippen LogP contribution in [0.25, 0.3) is 0 Å². The molecule has 5 heteroatoms. The summed E-state index contributed by atoms with van der Waals surface area (Å²) >= 11 is 0. The number of hydrogen-bond acceptors (Lipinski definition) is 3. The Hall–Kier alpha value is -2.56. The predicted octanol–water partition coefficient (Wildman–Crippen LogP) is 2.78. The lowest BCUT2D eigenvalue weighted by molar-refractivity contribution is -0.115. The van der Waals surface area contributed by atoms with Crippen LogP contribution in [-0.4, -0.2) is 19.1 Å². The number of carbonyl (C=O) groups excluding carboxylic acids is 1. The largest absolute Gasteiger partial charge is 0.486 e. The van der Waals surface area contributed by atoms with E-state index in [9.17, 15) is 9.18 Å². The molecule has 0 spiro atoms. The van der Waals surface area contributed by atoms with Crippen LogP contribution in [0, 0.1) is 5.82 Å². The van der Waals surface area contributed by atoms with Crippen LogP contribution >= 0.6 is 0 Å². The number of halogens is 1. The number of anilines is 1. The van der Waals surface area contributed by atoms with Crippen LogP contribution < -0.4 is 14.8 Å². The highest BCUT2D eigenvalue weighted by Gasteiger charge is 2.13. The summed E-state index contributed by atoms with van der Waals surface area (Å²) in [6.07, 6.45) is -0.0128. The first-order valence-corrected chi connectivity index (χ1v) is 6.65. The first-order valence-electron chi connectivity index (χ1n) is 6.65. The highest BCUT2D eigenvalue weighted by Crippen LogP contribution is 2.32. The van der Waals surface area contributed by atoms with E-state index in [1.807, 2.05) is 0 Å². The molecule has 1 heterocycles. The van der Waals surface area contributed by atoms with Gasteiger partial charge in [0.2, 0.25) is 5.91 Å². The normalized spacial score (nSPS) is 12.8. The summed E-state index contributed by atoms with van der Waals surface area (Å²) in [7, 11) is 0. The highest BCUT2D eigenvalue weighted by molar-refractivity contribution is 5.92. The molecule has 1 aliphatic rings. The summed E-state index contributed by atoms with van der Waals surface area (Å²) in [4.78, 5) is 12.0. The van der Waals surface area contributed by atoms with Crippen LogP contribution in [0.5, 0.6) is 11.5 Å². The van der Waals surface area contributed by atoms with Gasteiger partial charge in [0.25, 0.3) is 0 Å². The Balaban J connectivity index is 1.69. The van der Waals surface area contributed by atoms with Gasteiger partial charge in [0, 0.05) is 11.8 Å². The number of amides is 1. The number of hydrogen-bond donors (Lipinski definition) is 1. The molecule has 0 saturated carbocycles. The summed E-state index contributed by atoms with van der Waals surface area (Å²) < 4.78 is 24.4. The van der Waals surface area contributed by atoms with Gasteiger partial charge in [-0.2, -0.15) is 0 Å². The Morgan fingerprint density at radius 1 is 1.10 bits per heavy atom. The van der Waals surface area contributed by atoms with Crippen molar-refractivity contribution >= 4 is 11.6 Å². The lowest BCUT2D eigenvalue weighted by atomic mass is 10.1. The fraction of sp³-hybridized carbons (Fsp3) is 0.188. The van der Waals surface area contributed by atoms with Gasteiger partial charge in [-0.25, -0.2) is 4.39 Å². The Morgan fingerprint density at radius 2 is 1.86 bits per heavy atom. The van der Waals surface area contributed by atoms with E-state index in [2.05, 4.69) is 5.32 Å². The van der Waals surface area contributed by atoms with Crippen LogP contribution in [0.15, 0.2) is 42.5 Å². The average molecular weight is 287 g/mol. The van der Waals surface area contributed by atoms with Crippen molar-refractivity contribution in [3.8, 4) is 11.5 Å². The highest BCUT2D eigenvalue weighted by atomic mass is 19.1. The number of fused-ring (bicyclic) bond motifs is 1. The monoisotopic (exact) mass is 287 g/mol. The third-order valence-corrected chi connectivity index (χ3v) is 3.13. The standard InChI is InChI=1S/C16H14FNO3/c17-13-4-2-1-3-11(13)9-16(19)18-12-5-6-14-15(10-12)21-8-7-20-14/h1-6,10H,7-9H2,(H,18,19). The van der Waals surface area contributed by atoms with Gasteiger partial charge in [-0.15, -0.1) is 0 Å². The number of nitrogens with one attached hydrogen (secondary N) is 1. The summed E-state index contributed by atoms with van der Waals surface area (Å²) in [5, 5.41) is 2.73. The van der Waals surface area contributed by atoms with Gasteiger partial charge in [-0.05, 0) is 23.8 Å². The van der Waals surface area contributed by atoms with E-state index in [1.165, 1.54) is 6.07 Å². The molecular formula is C16H14FNO3. The second-order valence-electron chi connectivity index (χ2n) is 4.67. The zero-order valence-electron chi connectivity index (χ0n) is 11.3. The van der Waals surface area contributed by atoms with E-state index >= 15 is 0 Å². The minimum atomic E-state index is -0.380. The predicted molar refractivity (Wildman–Crippen MR) is 76.2 cm³/mol. The Bertz CT molecular complexity index is 672. The third kappa shape index (κ3) is 3.13. The molecule has 0 aromatic heterocycles. The van der Waals surface area contributed by atoms with Crippen molar-refractivity contribution in [1.29, 1.82) is 0 Å². The lowest BCUT2D eigenvalue weighted by Gasteiger charge is -2.19. The van der Waals surface area contributed by atoms with E-state index in [1.54, 1.807) is 36.4 Å². The number of carbonyl (C=O) groups is 1. The zero-order valence-corrected chi connectivity index (χ0v) is 11.3. The van der Waals surface area contributed by atoms with Gasteiger partial charge in [0.05, 0.1) is 6.42 Å². The quantitative estimate of drug-likeness (QED) is 0.944. The van der Waals surface area contributed by atoms with E-state index in [0.29, 0.717) is 36.0 Å². The molecule has 1 N–H and O–H groups in total. The molecule has 0 unspecified atom stereocenters. The first kappa shape index (κ1) is 13.4. The van der Waals surface area contributed by atoms with Crippen LogP contribution in [-0.2, 0) is 11.2 Å². The Kier molecular flexibility index (Phi) is 3.73. The van der Waals surface area contributed by atoms with Crippen molar-refractivity contribution in [2.24, 2.45) is 0 Å². The number of rotatable bonds is 3. The second kappa shape index (κ2) is 5.83. The van der Waals surface area contributed by atoms with Crippen molar-refractivity contribution in [2.75, 3.05) is 18.5 Å². The second-order valence-corrected chi connectivity index (χ2v) is 4.67. The summed E-state index contributed by atoms with van der Waals surface area (Å²) in [6.45, 7) is 1.01. The molecule has 0 atom stereocenters. The molecule has 0 aliphatic carbocycles. The van der Waals surface area contributed by atoms with E-state index in [-0.39, 0.29) is 18.1 Å². The van der Waals surface area contributed by atoms with E-state index in [4.69, 9.17) is 9.47 Å². The summed E-state index contributed by atoms with van der Waals surface area (Å²) in [5.74, 6) is 0.602. The van der Waals surface area contributed by atoms with Crippen molar-refractivity contribution in [3.63, 3.8) is 0 Å². The smallest absolute Gasteiger partial charge is 0.228 e. The molecule has 21 heavy (non-hydrogen) atoms. The molecule has 4 nitrogen and oxygen atoms in total. The zero-order chi connectivity index (χ0) is 14.7. The molecule has 0 bridgehead atoms. The van der Waals surface area contributed by atoms with Crippen LogP contribution in [0.3, 0.4) is 0 Å². The van der Waals surface area contributed by atoms with Crippen LogP contribution in [0.1, 0.15) is 5.56 Å². The fourth-order valence-electron chi connectivity index (χ4n) is 2.14. The van der Waals surface area contributed by atoms with Crippen LogP contribution in [0.4, 0.5) is 10.1 Å². The molecule has 0 fully saturated rings. The van der Waals surface area contributed by atoms with Crippen molar-refractivity contribution in [3.05, 3.63) is 53.8 Å². The molecule has 3 rings (SSSR count). The summed E-state index contributed by atoms with van der Waals surface area (Å²) in [6, 6.07) is 11.4. The Labute approximate surface area is 121 Å². The minimum Gasteiger partial charge on any atom is -0.486 e. The van der Waals surface area contributed by atoms with Gasteiger partial charge in [-0.1, -0.05) is 18.2 Å². The average Bonchev–Trinajstić information content (AvgIpc) is 2.49. The molecule has 1 aliphatic heterocycles. The topological polar surface area (TPSA) is 47.6 Å². The van der Waals surface area contributed by atoms with Crippen LogP contribution in [0.2, 0.25) is 0 Å². The van der Waals surface area contributed by atoms with Gasteiger partial charge < -0.3 is 14.8 Å². The molecule has 2 aromatic carbocycles. The van der Waals surface area contributed by atoms with Gasteiger partial charge in [0.1, 0.15) is 19.0 Å². The first-order chi connectivity index (χ1) is 10.2. The fourth-order valence-corrected chi connectivity index (χ4v) is 2.14. The molecule has 0 saturated heterocycles. The lowest BCUT2D eigenvalue weighted by Crippen LogP contribution is -2.17. The number of benzene rings is 2. The van der Waals surface area contributed by atoms with Gasteiger partial charge in [-0.3, -0.25) is 4.79 Å². The molecule has 1 amide bonds.